The van der Waals surface area contributed by atoms with E-state index >= 15 is 0 Å². The van der Waals surface area contributed by atoms with Crippen molar-refractivity contribution in [3.05, 3.63) is 89.2 Å². The van der Waals surface area contributed by atoms with Crippen LogP contribution in [0.5, 0.6) is 0 Å². The molecule has 0 saturated carbocycles. The number of para-hydroxylation sites is 1. The lowest BCUT2D eigenvalue weighted by atomic mass is 10.2. The highest BCUT2D eigenvalue weighted by atomic mass is 35.5. The summed E-state index contributed by atoms with van der Waals surface area (Å²) in [4.78, 5) is 12.5. The number of nitrogen functional groups attached to an aromatic ring is 1. The minimum atomic E-state index is -0.149. The molecule has 4 rings (SSSR count). The van der Waals surface area contributed by atoms with Gasteiger partial charge in [0.1, 0.15) is 0 Å². The first-order valence-corrected chi connectivity index (χ1v) is 11.6. The van der Waals surface area contributed by atoms with Gasteiger partial charge in [-0.2, -0.15) is 0 Å². The summed E-state index contributed by atoms with van der Waals surface area (Å²) in [6.45, 7) is 2.36. The van der Waals surface area contributed by atoms with Crippen molar-refractivity contribution >= 4 is 46.3 Å². The molecule has 7 nitrogen and oxygen atoms in total. The normalized spacial score (nSPS) is 10.7. The topological polar surface area (TPSA) is 97.9 Å². The maximum Gasteiger partial charge on any atom is 0.234 e. The fourth-order valence-electron chi connectivity index (χ4n) is 3.17. The van der Waals surface area contributed by atoms with Crippen LogP contribution in [-0.2, 0) is 11.3 Å². The Balaban J connectivity index is 1.49. The molecule has 4 aromatic rings. The fraction of sp³-hybridized carbons (Fsp3) is 0.125. The largest absolute Gasteiger partial charge is 0.398 e. The Morgan fingerprint density at radius 2 is 1.85 bits per heavy atom. The van der Waals surface area contributed by atoms with Gasteiger partial charge in [0.15, 0.2) is 11.0 Å². The van der Waals surface area contributed by atoms with E-state index in [1.165, 1.54) is 11.8 Å². The number of carbonyl (C=O) groups is 1. The zero-order valence-electron chi connectivity index (χ0n) is 18.0. The van der Waals surface area contributed by atoms with E-state index in [1.54, 1.807) is 6.07 Å². The van der Waals surface area contributed by atoms with Gasteiger partial charge in [-0.15, -0.1) is 10.2 Å². The lowest BCUT2D eigenvalue weighted by molar-refractivity contribution is -0.113. The van der Waals surface area contributed by atoms with E-state index < -0.39 is 0 Å². The molecule has 0 unspecified atom stereocenters. The number of benzene rings is 3. The summed E-state index contributed by atoms with van der Waals surface area (Å²) in [7, 11) is 0. The number of hydrogen-bond donors (Lipinski definition) is 3. The van der Waals surface area contributed by atoms with Gasteiger partial charge in [-0.3, -0.25) is 9.36 Å². The molecular formula is C24H23ClN6OS. The monoisotopic (exact) mass is 478 g/mol. The maximum atomic E-state index is 12.5. The van der Waals surface area contributed by atoms with Gasteiger partial charge in [0.25, 0.3) is 0 Å². The molecule has 0 bridgehead atoms. The molecule has 0 saturated heterocycles. The van der Waals surface area contributed by atoms with E-state index in [0.717, 1.165) is 22.8 Å². The van der Waals surface area contributed by atoms with E-state index in [1.807, 2.05) is 78.2 Å². The van der Waals surface area contributed by atoms with Crippen molar-refractivity contribution in [1.29, 1.82) is 0 Å². The van der Waals surface area contributed by atoms with Crippen LogP contribution >= 0.6 is 23.4 Å². The fourth-order valence-corrected chi connectivity index (χ4v) is 4.13. The second-order valence-electron chi connectivity index (χ2n) is 7.34. The van der Waals surface area contributed by atoms with Crippen molar-refractivity contribution in [2.45, 2.75) is 18.6 Å². The lowest BCUT2D eigenvalue weighted by Gasteiger charge is -2.12. The van der Waals surface area contributed by atoms with E-state index in [0.29, 0.717) is 28.1 Å². The van der Waals surface area contributed by atoms with E-state index in [-0.39, 0.29) is 11.7 Å². The van der Waals surface area contributed by atoms with Gasteiger partial charge in [0.05, 0.1) is 12.3 Å². The predicted octanol–water partition coefficient (Wildman–Crippen LogP) is 5.15. The summed E-state index contributed by atoms with van der Waals surface area (Å²) in [6.07, 6.45) is 0. The van der Waals surface area contributed by atoms with E-state index in [4.69, 9.17) is 17.3 Å². The molecule has 0 aliphatic heterocycles. The summed E-state index contributed by atoms with van der Waals surface area (Å²) < 4.78 is 1.94. The molecule has 4 N–H and O–H groups in total. The van der Waals surface area contributed by atoms with Crippen LogP contribution in [0.25, 0.3) is 5.69 Å². The van der Waals surface area contributed by atoms with Crippen LogP contribution in [0.15, 0.2) is 78.0 Å². The summed E-state index contributed by atoms with van der Waals surface area (Å²) in [6, 6.07) is 22.8. The minimum Gasteiger partial charge on any atom is -0.398 e. The third-order valence-corrected chi connectivity index (χ3v) is 6.05. The molecule has 0 spiro atoms. The van der Waals surface area contributed by atoms with Gasteiger partial charge in [-0.05, 0) is 55.0 Å². The molecule has 0 atom stereocenters. The quantitative estimate of drug-likeness (QED) is 0.239. The number of nitrogens with two attached hydrogens (primary N) is 1. The van der Waals surface area contributed by atoms with Crippen LogP contribution in [0.1, 0.15) is 11.4 Å². The van der Waals surface area contributed by atoms with Gasteiger partial charge in [-0.25, -0.2) is 0 Å². The number of rotatable bonds is 8. The van der Waals surface area contributed by atoms with Gasteiger partial charge in [0, 0.05) is 27.8 Å². The Hall–Kier alpha value is -3.49. The minimum absolute atomic E-state index is 0.149. The van der Waals surface area contributed by atoms with Crippen LogP contribution in [0.3, 0.4) is 0 Å². The van der Waals surface area contributed by atoms with Crippen molar-refractivity contribution in [3.8, 4) is 5.69 Å². The SMILES string of the molecule is Cc1ccc(NC(=O)CSc2nnc(CNc3cccc(Cl)c3)n2-c2ccccc2)cc1N. The lowest BCUT2D eigenvalue weighted by Crippen LogP contribution is -2.15. The predicted molar refractivity (Wildman–Crippen MR) is 135 cm³/mol. The molecule has 168 valence electrons. The van der Waals surface area contributed by atoms with E-state index in [2.05, 4.69) is 20.8 Å². The van der Waals surface area contributed by atoms with Crippen LogP contribution in [0, 0.1) is 6.92 Å². The molecule has 1 heterocycles. The Morgan fingerprint density at radius 3 is 2.61 bits per heavy atom. The van der Waals surface area contributed by atoms with E-state index in [9.17, 15) is 4.79 Å². The van der Waals surface area contributed by atoms with Gasteiger partial charge < -0.3 is 16.4 Å². The molecule has 0 radical (unpaired) electrons. The number of aromatic nitrogens is 3. The highest BCUT2D eigenvalue weighted by molar-refractivity contribution is 7.99. The maximum absolute atomic E-state index is 12.5. The smallest absolute Gasteiger partial charge is 0.234 e. The molecular weight excluding hydrogens is 456 g/mol. The van der Waals surface area contributed by atoms with Gasteiger partial charge in [-0.1, -0.05) is 53.7 Å². The zero-order chi connectivity index (χ0) is 23.2. The molecule has 3 aromatic carbocycles. The second kappa shape index (κ2) is 10.4. The summed E-state index contributed by atoms with van der Waals surface area (Å²) >= 11 is 7.40. The summed E-state index contributed by atoms with van der Waals surface area (Å²) in [5.41, 5.74) is 10.0. The average Bonchev–Trinajstić information content (AvgIpc) is 3.22. The molecule has 1 aromatic heterocycles. The highest BCUT2D eigenvalue weighted by Crippen LogP contribution is 2.24. The Kier molecular flexibility index (Phi) is 7.16. The third-order valence-electron chi connectivity index (χ3n) is 4.89. The molecule has 9 heteroatoms. The summed E-state index contributed by atoms with van der Waals surface area (Å²) in [5.74, 6) is 0.750. The molecule has 0 aliphatic carbocycles. The number of carbonyl (C=O) groups excluding carboxylic acids is 1. The van der Waals surface area contributed by atoms with Crippen molar-refractivity contribution in [2.24, 2.45) is 0 Å². The van der Waals surface area contributed by atoms with Crippen molar-refractivity contribution in [3.63, 3.8) is 0 Å². The van der Waals surface area contributed by atoms with Crippen LogP contribution in [0.4, 0.5) is 17.1 Å². The highest BCUT2D eigenvalue weighted by Gasteiger charge is 2.16. The molecule has 0 fully saturated rings. The Morgan fingerprint density at radius 1 is 1.03 bits per heavy atom. The van der Waals surface area contributed by atoms with Crippen molar-refractivity contribution < 1.29 is 4.79 Å². The number of aryl methyl sites for hydroxylation is 1. The third kappa shape index (κ3) is 5.85. The van der Waals surface area contributed by atoms with Crippen molar-refractivity contribution in [1.82, 2.24) is 14.8 Å². The first-order valence-electron chi connectivity index (χ1n) is 10.3. The summed E-state index contributed by atoms with van der Waals surface area (Å²) in [5, 5.41) is 16.2. The number of nitrogens with one attached hydrogen (secondary N) is 2. The number of anilines is 3. The number of hydrogen-bond acceptors (Lipinski definition) is 6. The van der Waals surface area contributed by atoms with Gasteiger partial charge in [0.2, 0.25) is 5.91 Å². The number of thioether (sulfide) groups is 1. The van der Waals surface area contributed by atoms with Crippen molar-refractivity contribution in [2.75, 3.05) is 22.1 Å². The first kappa shape index (κ1) is 22.7. The van der Waals surface area contributed by atoms with Crippen LogP contribution in [-0.4, -0.2) is 26.4 Å². The number of amides is 1. The van der Waals surface area contributed by atoms with Crippen LogP contribution < -0.4 is 16.4 Å². The van der Waals surface area contributed by atoms with Gasteiger partial charge >= 0.3 is 0 Å². The Bertz CT molecular complexity index is 1260. The number of nitrogens with zero attached hydrogens (tertiary/aromatic N) is 3. The van der Waals surface area contributed by atoms with Crippen LogP contribution in [0.2, 0.25) is 5.02 Å². The molecule has 1 amide bonds. The zero-order valence-corrected chi connectivity index (χ0v) is 19.5. The molecule has 0 aliphatic rings. The Labute approximate surface area is 201 Å². The second-order valence-corrected chi connectivity index (χ2v) is 8.72. The first-order chi connectivity index (χ1) is 16.0. The molecule has 33 heavy (non-hydrogen) atoms. The number of halogens is 1. The standard InChI is InChI=1S/C24H23ClN6OS/c1-16-10-11-19(13-21(16)26)28-23(32)15-33-24-30-29-22(31(24)20-8-3-2-4-9-20)14-27-18-7-5-6-17(25)12-18/h2-13,27H,14-15,26H2,1H3,(H,28,32). The average molecular weight is 479 g/mol.